The highest BCUT2D eigenvalue weighted by Crippen LogP contribution is 2.24. The van der Waals surface area contributed by atoms with Gasteiger partial charge in [0.05, 0.1) is 0 Å². The van der Waals surface area contributed by atoms with Crippen LogP contribution in [-0.2, 0) is 6.42 Å². The van der Waals surface area contributed by atoms with Crippen molar-refractivity contribution in [2.24, 2.45) is 0 Å². The zero-order valence-electron chi connectivity index (χ0n) is 10.8. The Morgan fingerprint density at radius 2 is 2.00 bits per heavy atom. The number of nitriles is 1. The Morgan fingerprint density at radius 3 is 2.58 bits per heavy atom. The Labute approximate surface area is 116 Å². The average Bonchev–Trinajstić information content (AvgIpc) is 2.47. The fourth-order valence-corrected chi connectivity index (χ4v) is 2.18. The zero-order chi connectivity index (χ0) is 13.7. The first kappa shape index (κ1) is 13.4. The smallest absolute Gasteiger partial charge is 0.152 e. The van der Waals surface area contributed by atoms with E-state index in [0.717, 1.165) is 12.1 Å². The molecule has 0 bridgehead atoms. The van der Waals surface area contributed by atoms with E-state index in [2.05, 4.69) is 40.4 Å². The van der Waals surface area contributed by atoms with Crippen LogP contribution in [0.15, 0.2) is 35.6 Å². The molecular formula is C14H14N4S. The fourth-order valence-electron chi connectivity index (χ4n) is 1.68. The van der Waals surface area contributed by atoms with E-state index in [4.69, 9.17) is 0 Å². The van der Waals surface area contributed by atoms with Crippen LogP contribution in [0.1, 0.15) is 18.1 Å². The van der Waals surface area contributed by atoms with Crippen LogP contribution in [0.25, 0.3) is 0 Å². The lowest BCUT2D eigenvalue weighted by molar-refractivity contribution is 1.03. The minimum absolute atomic E-state index is 0.481. The summed E-state index contributed by atoms with van der Waals surface area (Å²) in [5, 5.41) is 13.1. The Hall–Kier alpha value is -2.06. The van der Waals surface area contributed by atoms with Crippen molar-refractivity contribution in [3.05, 3.63) is 41.7 Å². The number of aromatic nitrogens is 2. The van der Waals surface area contributed by atoms with Gasteiger partial charge in [0.25, 0.3) is 0 Å². The van der Waals surface area contributed by atoms with Crippen LogP contribution >= 0.6 is 11.8 Å². The zero-order valence-corrected chi connectivity index (χ0v) is 11.7. The molecule has 0 aliphatic carbocycles. The maximum absolute atomic E-state index is 9.21. The number of benzene rings is 1. The predicted octanol–water partition coefficient (Wildman–Crippen LogP) is 3.38. The van der Waals surface area contributed by atoms with E-state index >= 15 is 0 Å². The average molecular weight is 270 g/mol. The third-order valence-corrected chi connectivity index (χ3v) is 3.44. The van der Waals surface area contributed by atoms with Gasteiger partial charge in [-0.2, -0.15) is 5.26 Å². The van der Waals surface area contributed by atoms with Crippen LogP contribution in [0.3, 0.4) is 0 Å². The van der Waals surface area contributed by atoms with Crippen LogP contribution in [0, 0.1) is 11.3 Å². The van der Waals surface area contributed by atoms with Gasteiger partial charge in [0, 0.05) is 5.69 Å². The van der Waals surface area contributed by atoms with Gasteiger partial charge in [-0.3, -0.25) is 0 Å². The maximum Gasteiger partial charge on any atom is 0.152 e. The summed E-state index contributed by atoms with van der Waals surface area (Å²) in [6.45, 7) is 2.12. The van der Waals surface area contributed by atoms with Crippen LogP contribution in [0.4, 0.5) is 11.5 Å². The number of nitrogens with one attached hydrogen (secondary N) is 1. The fraction of sp³-hybridized carbons (Fsp3) is 0.214. The third kappa shape index (κ3) is 3.04. The highest BCUT2D eigenvalue weighted by Gasteiger charge is 2.10. The molecule has 0 spiro atoms. The van der Waals surface area contributed by atoms with Crippen LogP contribution in [0.5, 0.6) is 0 Å². The summed E-state index contributed by atoms with van der Waals surface area (Å²) in [6, 6.07) is 10.2. The van der Waals surface area contributed by atoms with E-state index in [1.807, 2.05) is 18.4 Å². The molecule has 2 rings (SSSR count). The molecule has 0 atom stereocenters. The van der Waals surface area contributed by atoms with Gasteiger partial charge in [-0.1, -0.05) is 19.1 Å². The van der Waals surface area contributed by atoms with Gasteiger partial charge in [-0.15, -0.1) is 11.8 Å². The molecule has 0 radical (unpaired) electrons. The van der Waals surface area contributed by atoms with E-state index in [9.17, 15) is 5.26 Å². The van der Waals surface area contributed by atoms with Crippen molar-refractivity contribution >= 4 is 23.3 Å². The molecule has 0 saturated carbocycles. The Kier molecular flexibility index (Phi) is 4.37. The number of aryl methyl sites for hydroxylation is 1. The van der Waals surface area contributed by atoms with Crippen LogP contribution < -0.4 is 5.32 Å². The van der Waals surface area contributed by atoms with Crippen molar-refractivity contribution in [3.8, 4) is 6.07 Å². The molecule has 4 nitrogen and oxygen atoms in total. The van der Waals surface area contributed by atoms with Gasteiger partial charge in [0.2, 0.25) is 0 Å². The number of hydrogen-bond acceptors (Lipinski definition) is 5. The Morgan fingerprint density at radius 1 is 1.26 bits per heavy atom. The molecule has 0 aliphatic heterocycles. The normalized spacial score (nSPS) is 9.95. The van der Waals surface area contributed by atoms with E-state index in [-0.39, 0.29) is 0 Å². The topological polar surface area (TPSA) is 61.6 Å². The number of nitrogens with zero attached hydrogens (tertiary/aromatic N) is 3. The van der Waals surface area contributed by atoms with Crippen molar-refractivity contribution in [1.82, 2.24) is 9.97 Å². The summed E-state index contributed by atoms with van der Waals surface area (Å²) in [5.41, 5.74) is 2.67. The molecule has 0 aliphatic rings. The molecule has 19 heavy (non-hydrogen) atoms. The van der Waals surface area contributed by atoms with Gasteiger partial charge in [-0.25, -0.2) is 9.97 Å². The molecule has 0 unspecified atom stereocenters. The summed E-state index contributed by atoms with van der Waals surface area (Å²) >= 11 is 1.44. The van der Waals surface area contributed by atoms with Crippen molar-refractivity contribution in [2.75, 3.05) is 11.6 Å². The second-order valence-corrected chi connectivity index (χ2v) is 4.69. The molecule has 5 heteroatoms. The van der Waals surface area contributed by atoms with E-state index in [1.54, 1.807) is 0 Å². The van der Waals surface area contributed by atoms with Crippen molar-refractivity contribution < 1.29 is 0 Å². The number of anilines is 2. The van der Waals surface area contributed by atoms with Gasteiger partial charge >= 0.3 is 0 Å². The number of rotatable bonds is 4. The van der Waals surface area contributed by atoms with Crippen molar-refractivity contribution in [1.29, 1.82) is 5.26 Å². The quantitative estimate of drug-likeness (QED) is 0.681. The first-order valence-corrected chi connectivity index (χ1v) is 7.16. The molecule has 0 saturated heterocycles. The van der Waals surface area contributed by atoms with Gasteiger partial charge in [0.1, 0.15) is 23.0 Å². The molecule has 2 aromatic rings. The largest absolute Gasteiger partial charge is 0.339 e. The third-order valence-electron chi connectivity index (χ3n) is 2.74. The predicted molar refractivity (Wildman–Crippen MR) is 77.6 cm³/mol. The van der Waals surface area contributed by atoms with E-state index < -0.39 is 0 Å². The molecule has 1 heterocycles. The lowest BCUT2D eigenvalue weighted by Gasteiger charge is -2.09. The molecule has 1 aromatic heterocycles. The van der Waals surface area contributed by atoms with Gasteiger partial charge < -0.3 is 5.32 Å². The van der Waals surface area contributed by atoms with E-state index in [1.165, 1.54) is 23.7 Å². The lowest BCUT2D eigenvalue weighted by atomic mass is 10.1. The summed E-state index contributed by atoms with van der Waals surface area (Å²) in [4.78, 5) is 8.22. The maximum atomic E-state index is 9.21. The first-order chi connectivity index (χ1) is 9.28. The van der Waals surface area contributed by atoms with Gasteiger partial charge in [0.15, 0.2) is 5.82 Å². The van der Waals surface area contributed by atoms with Gasteiger partial charge in [-0.05, 0) is 30.4 Å². The monoisotopic (exact) mass is 270 g/mol. The minimum atomic E-state index is 0.481. The summed E-state index contributed by atoms with van der Waals surface area (Å²) < 4.78 is 0. The number of hydrogen-bond donors (Lipinski definition) is 1. The highest BCUT2D eigenvalue weighted by molar-refractivity contribution is 7.98. The second kappa shape index (κ2) is 6.21. The van der Waals surface area contributed by atoms with Crippen molar-refractivity contribution in [2.45, 2.75) is 18.4 Å². The highest BCUT2D eigenvalue weighted by atomic mass is 32.2. The second-order valence-electron chi connectivity index (χ2n) is 3.89. The summed E-state index contributed by atoms with van der Waals surface area (Å²) in [6.07, 6.45) is 4.37. The Bertz CT molecular complexity index is 602. The van der Waals surface area contributed by atoms with Crippen LogP contribution in [0.2, 0.25) is 0 Å². The number of thioether (sulfide) groups is 1. The Balaban J connectivity index is 2.30. The summed E-state index contributed by atoms with van der Waals surface area (Å²) in [7, 11) is 0. The standard InChI is InChI=1S/C14H14N4S/c1-3-10-4-6-11(7-5-10)18-13-12(8-15)14(19-2)17-9-16-13/h4-7,9H,3H2,1-2H3,(H,16,17,18). The van der Waals surface area contributed by atoms with E-state index in [0.29, 0.717) is 16.4 Å². The summed E-state index contributed by atoms with van der Waals surface area (Å²) in [5.74, 6) is 0.547. The molecule has 0 fully saturated rings. The first-order valence-electron chi connectivity index (χ1n) is 5.93. The molecule has 1 N–H and O–H groups in total. The molecule has 96 valence electrons. The van der Waals surface area contributed by atoms with Crippen LogP contribution in [-0.4, -0.2) is 16.2 Å². The molecule has 1 aromatic carbocycles. The molecule has 0 amide bonds. The van der Waals surface area contributed by atoms with Crippen molar-refractivity contribution in [3.63, 3.8) is 0 Å². The lowest BCUT2D eigenvalue weighted by Crippen LogP contribution is -2.00. The minimum Gasteiger partial charge on any atom is -0.339 e. The SMILES string of the molecule is CCc1ccc(Nc2ncnc(SC)c2C#N)cc1. The molecular weight excluding hydrogens is 256 g/mol.